The maximum atomic E-state index is 2.29. The number of nitrogens with zero attached hydrogens (tertiary/aromatic N) is 2. The number of aromatic nitrogens is 2. The Morgan fingerprint density at radius 3 is 2.16 bits per heavy atom. The van der Waals surface area contributed by atoms with E-state index in [1.54, 1.807) is 0 Å². The molecule has 0 atom stereocenters. The van der Waals surface area contributed by atoms with Gasteiger partial charge in [0.25, 0.3) is 0 Å². The van der Waals surface area contributed by atoms with E-state index in [0.717, 1.165) is 0 Å². The molecule has 0 N–H and O–H groups in total. The van der Waals surface area contributed by atoms with E-state index in [0.29, 0.717) is 6.04 Å². The van der Waals surface area contributed by atoms with Gasteiger partial charge in [-0.25, -0.2) is 9.13 Å². The summed E-state index contributed by atoms with van der Waals surface area (Å²) < 4.78 is 4.53. The van der Waals surface area contributed by atoms with Crippen LogP contribution in [0.2, 0.25) is 0 Å². The van der Waals surface area contributed by atoms with Crippen molar-refractivity contribution in [3.8, 4) is 5.69 Å². The maximum Gasteiger partial charge on any atom is 0.249 e. The Morgan fingerprint density at radius 2 is 1.52 bits per heavy atom. The predicted molar refractivity (Wildman–Crippen MR) is 107 cm³/mol. The normalized spacial score (nSPS) is 11.4. The second-order valence-corrected chi connectivity index (χ2v) is 7.57. The summed E-state index contributed by atoms with van der Waals surface area (Å²) in [6.07, 6.45) is 20.2. The summed E-state index contributed by atoms with van der Waals surface area (Å²) in [7, 11) is 0. The van der Waals surface area contributed by atoms with Crippen LogP contribution in [0.25, 0.3) is 5.69 Å². The molecular weight excluding hydrogens is 304 g/mol. The van der Waals surface area contributed by atoms with Crippen molar-refractivity contribution < 1.29 is 4.57 Å². The Labute approximate surface area is 154 Å². The summed E-state index contributed by atoms with van der Waals surface area (Å²) in [6, 6.07) is 9.36. The highest BCUT2D eigenvalue weighted by atomic mass is 15.1. The van der Waals surface area contributed by atoms with Crippen molar-refractivity contribution in [3.05, 3.63) is 48.5 Å². The molecular formula is C23H37N2+. The van der Waals surface area contributed by atoms with Gasteiger partial charge in [0.2, 0.25) is 6.33 Å². The van der Waals surface area contributed by atoms with Crippen LogP contribution in [0.3, 0.4) is 0 Å². The molecule has 2 nitrogen and oxygen atoms in total. The fourth-order valence-electron chi connectivity index (χ4n) is 3.42. The Balaban J connectivity index is 1.77. The molecule has 0 spiro atoms. The third-order valence-electron chi connectivity index (χ3n) is 5.07. The monoisotopic (exact) mass is 341 g/mol. The number of aryl methyl sites for hydroxylation is 1. The number of rotatable bonds is 12. The van der Waals surface area contributed by atoms with Crippen LogP contribution < -0.4 is 4.57 Å². The molecule has 0 fully saturated rings. The van der Waals surface area contributed by atoms with E-state index in [2.05, 4.69) is 72.9 Å². The zero-order valence-electron chi connectivity index (χ0n) is 16.6. The van der Waals surface area contributed by atoms with Crippen LogP contribution in [0.1, 0.15) is 90.2 Å². The summed E-state index contributed by atoms with van der Waals surface area (Å²) in [5.74, 6) is 0. The third kappa shape index (κ3) is 6.68. The smallest absolute Gasteiger partial charge is 0.234 e. The lowest BCUT2D eigenvalue weighted by Crippen LogP contribution is -2.33. The number of unbranched alkanes of at least 4 members (excludes halogenated alkanes) is 8. The Hall–Kier alpha value is -1.57. The van der Waals surface area contributed by atoms with Crippen molar-refractivity contribution in [1.82, 2.24) is 4.57 Å². The van der Waals surface area contributed by atoms with Gasteiger partial charge in [-0.3, -0.25) is 0 Å². The van der Waals surface area contributed by atoms with Crippen molar-refractivity contribution in [1.29, 1.82) is 0 Å². The van der Waals surface area contributed by atoms with Crippen molar-refractivity contribution in [3.63, 3.8) is 0 Å². The molecule has 1 aromatic carbocycles. The molecule has 0 aliphatic heterocycles. The third-order valence-corrected chi connectivity index (χ3v) is 5.07. The van der Waals surface area contributed by atoms with E-state index in [1.807, 2.05) is 0 Å². The van der Waals surface area contributed by atoms with E-state index in [1.165, 1.54) is 75.5 Å². The fourth-order valence-corrected chi connectivity index (χ4v) is 3.42. The lowest BCUT2D eigenvalue weighted by molar-refractivity contribution is -0.715. The molecule has 138 valence electrons. The molecule has 0 bridgehead atoms. The Bertz CT molecular complexity index is 598. The molecule has 2 aromatic rings. The average Bonchev–Trinajstić information content (AvgIpc) is 3.11. The first-order valence-electron chi connectivity index (χ1n) is 10.4. The summed E-state index contributed by atoms with van der Waals surface area (Å²) in [6.45, 7) is 6.73. The maximum absolute atomic E-state index is 2.29. The highest BCUT2D eigenvalue weighted by Crippen LogP contribution is 2.18. The van der Waals surface area contributed by atoms with E-state index < -0.39 is 0 Å². The molecule has 0 saturated carbocycles. The first-order valence-corrected chi connectivity index (χ1v) is 10.4. The van der Waals surface area contributed by atoms with Gasteiger partial charge < -0.3 is 0 Å². The first-order chi connectivity index (χ1) is 12.2. The molecule has 0 aliphatic rings. The van der Waals surface area contributed by atoms with Gasteiger partial charge in [-0.15, -0.1) is 0 Å². The van der Waals surface area contributed by atoms with Crippen LogP contribution >= 0.6 is 0 Å². The highest BCUT2D eigenvalue weighted by molar-refractivity contribution is 5.40. The lowest BCUT2D eigenvalue weighted by Gasteiger charge is -2.06. The van der Waals surface area contributed by atoms with Crippen LogP contribution in [0.15, 0.2) is 43.0 Å². The van der Waals surface area contributed by atoms with Crippen molar-refractivity contribution in [2.24, 2.45) is 0 Å². The van der Waals surface area contributed by atoms with Crippen molar-refractivity contribution in [2.45, 2.75) is 91.0 Å². The van der Waals surface area contributed by atoms with Gasteiger partial charge in [0, 0.05) is 0 Å². The number of para-hydroxylation sites is 1. The van der Waals surface area contributed by atoms with Crippen LogP contribution in [-0.4, -0.2) is 4.57 Å². The van der Waals surface area contributed by atoms with Crippen LogP contribution in [0.4, 0.5) is 0 Å². The second-order valence-electron chi connectivity index (χ2n) is 7.57. The fraction of sp³-hybridized carbons (Fsp3) is 0.609. The van der Waals surface area contributed by atoms with Crippen molar-refractivity contribution >= 4 is 0 Å². The zero-order valence-corrected chi connectivity index (χ0v) is 16.6. The molecule has 1 heterocycles. The zero-order chi connectivity index (χ0) is 17.9. The van der Waals surface area contributed by atoms with E-state index in [9.17, 15) is 0 Å². The molecule has 2 heteroatoms. The SMILES string of the molecule is CCCCCCCCCCCc1ccccc1-n1cc[n+](C(C)C)c1. The summed E-state index contributed by atoms with van der Waals surface area (Å²) in [5, 5.41) is 0. The molecule has 0 aliphatic carbocycles. The minimum atomic E-state index is 0.505. The van der Waals surface area contributed by atoms with Gasteiger partial charge >= 0.3 is 0 Å². The second kappa shape index (κ2) is 11.1. The van der Waals surface area contributed by atoms with Gasteiger partial charge in [0.15, 0.2) is 0 Å². The largest absolute Gasteiger partial charge is 0.249 e. The molecule has 0 saturated heterocycles. The topological polar surface area (TPSA) is 8.81 Å². The average molecular weight is 342 g/mol. The van der Waals surface area contributed by atoms with E-state index >= 15 is 0 Å². The van der Waals surface area contributed by atoms with E-state index in [-0.39, 0.29) is 0 Å². The minimum Gasteiger partial charge on any atom is -0.234 e. The predicted octanol–water partition coefficient (Wildman–Crippen LogP) is 6.42. The van der Waals surface area contributed by atoms with Crippen LogP contribution in [0.5, 0.6) is 0 Å². The van der Waals surface area contributed by atoms with E-state index in [4.69, 9.17) is 0 Å². The molecule has 1 aromatic heterocycles. The Kier molecular flexibility index (Phi) is 8.79. The minimum absolute atomic E-state index is 0.505. The van der Waals surface area contributed by atoms with Crippen LogP contribution in [0, 0.1) is 0 Å². The van der Waals surface area contributed by atoms with Gasteiger partial charge in [-0.05, 0) is 38.3 Å². The van der Waals surface area contributed by atoms with Gasteiger partial charge in [-0.1, -0.05) is 76.5 Å². The number of benzene rings is 1. The van der Waals surface area contributed by atoms with Gasteiger partial charge in [-0.2, -0.15) is 0 Å². The lowest BCUT2D eigenvalue weighted by atomic mass is 10.0. The molecule has 25 heavy (non-hydrogen) atoms. The van der Waals surface area contributed by atoms with Gasteiger partial charge in [0.1, 0.15) is 18.1 Å². The summed E-state index contributed by atoms with van der Waals surface area (Å²) >= 11 is 0. The van der Waals surface area contributed by atoms with Crippen molar-refractivity contribution in [2.75, 3.05) is 0 Å². The Morgan fingerprint density at radius 1 is 0.880 bits per heavy atom. The quantitative estimate of drug-likeness (QED) is 0.311. The number of hydrogen-bond acceptors (Lipinski definition) is 0. The standard InChI is InChI=1S/C23H37N2/c1-4-5-6-7-8-9-10-11-12-15-22-16-13-14-17-23(22)25-19-18-24(20-25)21(2)3/h13-14,16-21H,4-12,15H2,1-3H3/q+1. The highest BCUT2D eigenvalue weighted by Gasteiger charge is 2.12. The summed E-state index contributed by atoms with van der Waals surface area (Å²) in [5.41, 5.74) is 2.80. The molecule has 0 amide bonds. The first kappa shape index (κ1) is 19.8. The molecule has 2 rings (SSSR count). The van der Waals surface area contributed by atoms with Crippen LogP contribution in [-0.2, 0) is 6.42 Å². The summed E-state index contributed by atoms with van der Waals surface area (Å²) in [4.78, 5) is 0. The number of hydrogen-bond donors (Lipinski definition) is 0. The molecule has 0 unspecified atom stereocenters. The molecule has 0 radical (unpaired) electrons. The van der Waals surface area contributed by atoms with Gasteiger partial charge in [0.05, 0.1) is 6.04 Å². The number of imidazole rings is 1.